The third-order valence-corrected chi connectivity index (χ3v) is 3.38. The number of ether oxygens (including phenoxy) is 1. The van der Waals surface area contributed by atoms with E-state index in [1.165, 1.54) is 12.3 Å². The quantitative estimate of drug-likeness (QED) is 0.848. The van der Waals surface area contributed by atoms with E-state index in [1.807, 2.05) is 0 Å². The molecule has 1 N–H and O–H groups in total. The fraction of sp³-hybridized carbons (Fsp3) is 0.375. The van der Waals surface area contributed by atoms with Crippen LogP contribution < -0.4 is 5.32 Å². The van der Waals surface area contributed by atoms with Crippen LogP contribution in [-0.2, 0) is 4.74 Å². The molecule has 2 aromatic heterocycles. The van der Waals surface area contributed by atoms with Crippen molar-refractivity contribution in [3.8, 4) is 23.4 Å². The van der Waals surface area contributed by atoms with Crippen molar-refractivity contribution in [3.63, 3.8) is 0 Å². The molecule has 23 heavy (non-hydrogen) atoms. The minimum atomic E-state index is -0.327. The fourth-order valence-corrected chi connectivity index (χ4v) is 2.12. The second-order valence-corrected chi connectivity index (χ2v) is 4.98. The van der Waals surface area contributed by atoms with Gasteiger partial charge in [0.05, 0.1) is 32.6 Å². The van der Waals surface area contributed by atoms with Gasteiger partial charge in [-0.1, -0.05) is 17.0 Å². The van der Waals surface area contributed by atoms with E-state index in [4.69, 9.17) is 13.7 Å². The van der Waals surface area contributed by atoms with Crippen molar-refractivity contribution < 1.29 is 18.5 Å². The molecule has 0 saturated carbocycles. The molecule has 1 fully saturated rings. The first-order chi connectivity index (χ1) is 11.3. The molecule has 1 saturated heterocycles. The zero-order valence-electron chi connectivity index (χ0n) is 12.6. The van der Waals surface area contributed by atoms with Gasteiger partial charge >= 0.3 is 0 Å². The number of furan rings is 1. The monoisotopic (exact) mass is 315 g/mol. The smallest absolute Gasteiger partial charge is 0.274 e. The van der Waals surface area contributed by atoms with E-state index in [0.29, 0.717) is 18.1 Å². The zero-order valence-corrected chi connectivity index (χ0v) is 12.6. The van der Waals surface area contributed by atoms with Crippen LogP contribution in [0.25, 0.3) is 11.5 Å². The van der Waals surface area contributed by atoms with E-state index in [-0.39, 0.29) is 18.1 Å². The standard InChI is InChI=1S/C16H17N3O4/c20-16(13-12-15(23-18-13)14-4-3-9-22-14)17-5-1-2-6-19-7-10-21-11-8-19/h3-4,9,12H,5-8,10-11H2,(H,17,20). The number of carbonyl (C=O) groups is 1. The highest BCUT2D eigenvalue weighted by atomic mass is 16.5. The van der Waals surface area contributed by atoms with Crippen LogP contribution in [0.15, 0.2) is 33.4 Å². The lowest BCUT2D eigenvalue weighted by Crippen LogP contribution is -2.36. The number of amides is 1. The molecule has 0 unspecified atom stereocenters. The van der Waals surface area contributed by atoms with Gasteiger partial charge in [0.2, 0.25) is 5.76 Å². The first-order valence-electron chi connectivity index (χ1n) is 7.37. The second-order valence-electron chi connectivity index (χ2n) is 4.98. The van der Waals surface area contributed by atoms with Crippen molar-refractivity contribution in [1.29, 1.82) is 0 Å². The van der Waals surface area contributed by atoms with Crippen LogP contribution in [0.2, 0.25) is 0 Å². The summed E-state index contributed by atoms with van der Waals surface area (Å²) < 4.78 is 15.5. The number of aromatic nitrogens is 1. The van der Waals surface area contributed by atoms with Gasteiger partial charge in [0.25, 0.3) is 5.91 Å². The highest BCUT2D eigenvalue weighted by molar-refractivity contribution is 5.93. The molecule has 0 spiro atoms. The molecular formula is C16H17N3O4. The molecule has 3 rings (SSSR count). The molecule has 0 radical (unpaired) electrons. The summed E-state index contributed by atoms with van der Waals surface area (Å²) in [5.74, 6) is 6.58. The molecule has 7 heteroatoms. The lowest BCUT2D eigenvalue weighted by Gasteiger charge is -2.24. The third kappa shape index (κ3) is 4.22. The highest BCUT2D eigenvalue weighted by Gasteiger charge is 2.14. The summed E-state index contributed by atoms with van der Waals surface area (Å²) in [6.45, 7) is 4.26. The molecule has 1 aliphatic rings. The van der Waals surface area contributed by atoms with E-state index in [0.717, 1.165) is 26.3 Å². The van der Waals surface area contributed by atoms with E-state index in [1.54, 1.807) is 12.1 Å². The number of rotatable bonds is 4. The summed E-state index contributed by atoms with van der Waals surface area (Å²) in [6, 6.07) is 5.01. The average Bonchev–Trinajstić information content (AvgIpc) is 3.26. The zero-order chi connectivity index (χ0) is 15.9. The van der Waals surface area contributed by atoms with Crippen LogP contribution in [0.5, 0.6) is 0 Å². The number of hydrogen-bond donors (Lipinski definition) is 1. The van der Waals surface area contributed by atoms with E-state index in [2.05, 4.69) is 27.2 Å². The summed E-state index contributed by atoms with van der Waals surface area (Å²) >= 11 is 0. The topological polar surface area (TPSA) is 80.7 Å². The lowest BCUT2D eigenvalue weighted by molar-refractivity contribution is 0.0443. The fourth-order valence-electron chi connectivity index (χ4n) is 2.12. The minimum absolute atomic E-state index is 0.200. The molecule has 2 aromatic rings. The van der Waals surface area contributed by atoms with Gasteiger partial charge in [-0.15, -0.1) is 0 Å². The Labute approximate surface area is 133 Å². The molecule has 0 bridgehead atoms. The van der Waals surface area contributed by atoms with Crippen LogP contribution >= 0.6 is 0 Å². The maximum Gasteiger partial charge on any atom is 0.274 e. The number of hydrogen-bond acceptors (Lipinski definition) is 6. The van der Waals surface area contributed by atoms with Gasteiger partial charge in [0.1, 0.15) is 0 Å². The largest absolute Gasteiger partial charge is 0.461 e. The Hall–Kier alpha value is -2.56. The summed E-state index contributed by atoms with van der Waals surface area (Å²) in [4.78, 5) is 14.1. The van der Waals surface area contributed by atoms with Crippen molar-refractivity contribution in [3.05, 3.63) is 30.2 Å². The first kappa shape index (κ1) is 15.3. The van der Waals surface area contributed by atoms with Crippen LogP contribution in [0, 0.1) is 11.8 Å². The molecule has 1 amide bonds. The van der Waals surface area contributed by atoms with E-state index >= 15 is 0 Å². The highest BCUT2D eigenvalue weighted by Crippen LogP contribution is 2.20. The Balaban J connectivity index is 1.44. The summed E-state index contributed by atoms with van der Waals surface area (Å²) in [5, 5.41) is 6.41. The van der Waals surface area contributed by atoms with Gasteiger partial charge < -0.3 is 19.0 Å². The molecule has 0 aromatic carbocycles. The Kier molecular flexibility index (Phi) is 5.09. The normalized spacial score (nSPS) is 15.0. The average molecular weight is 315 g/mol. The number of morpholine rings is 1. The van der Waals surface area contributed by atoms with Crippen molar-refractivity contribution in [2.45, 2.75) is 0 Å². The van der Waals surface area contributed by atoms with Gasteiger partial charge in [-0.05, 0) is 12.1 Å². The SMILES string of the molecule is O=C(NCC#CCN1CCOCC1)c1cc(-c2ccco2)on1. The molecule has 0 aliphatic carbocycles. The molecule has 0 atom stereocenters. The summed E-state index contributed by atoms with van der Waals surface area (Å²) in [5.41, 5.74) is 0.200. The molecule has 3 heterocycles. The Morgan fingerprint density at radius 3 is 2.96 bits per heavy atom. The molecule has 120 valence electrons. The van der Waals surface area contributed by atoms with Gasteiger partial charge in [-0.2, -0.15) is 0 Å². The molecule has 7 nitrogen and oxygen atoms in total. The summed E-state index contributed by atoms with van der Waals surface area (Å²) in [7, 11) is 0. The van der Waals surface area contributed by atoms with Crippen molar-refractivity contribution in [2.75, 3.05) is 39.4 Å². The third-order valence-electron chi connectivity index (χ3n) is 3.38. The van der Waals surface area contributed by atoms with Crippen LogP contribution in [0.3, 0.4) is 0 Å². The predicted octanol–water partition coefficient (Wildman–Crippen LogP) is 1.00. The number of nitrogens with one attached hydrogen (secondary N) is 1. The van der Waals surface area contributed by atoms with Crippen molar-refractivity contribution in [2.24, 2.45) is 0 Å². The van der Waals surface area contributed by atoms with Crippen LogP contribution in [-0.4, -0.2) is 55.4 Å². The first-order valence-corrected chi connectivity index (χ1v) is 7.37. The van der Waals surface area contributed by atoms with Gasteiger partial charge in [-0.25, -0.2) is 0 Å². The van der Waals surface area contributed by atoms with Crippen molar-refractivity contribution in [1.82, 2.24) is 15.4 Å². The van der Waals surface area contributed by atoms with Gasteiger partial charge in [-0.3, -0.25) is 9.69 Å². The second kappa shape index (κ2) is 7.63. The van der Waals surface area contributed by atoms with Gasteiger partial charge in [0, 0.05) is 19.2 Å². The van der Waals surface area contributed by atoms with Crippen molar-refractivity contribution >= 4 is 5.91 Å². The lowest BCUT2D eigenvalue weighted by atomic mass is 10.3. The van der Waals surface area contributed by atoms with Crippen LogP contribution in [0.1, 0.15) is 10.5 Å². The Morgan fingerprint density at radius 2 is 2.17 bits per heavy atom. The summed E-state index contributed by atoms with van der Waals surface area (Å²) in [6.07, 6.45) is 1.53. The predicted molar refractivity (Wildman–Crippen MR) is 81.6 cm³/mol. The van der Waals surface area contributed by atoms with Crippen LogP contribution in [0.4, 0.5) is 0 Å². The Bertz CT molecular complexity index is 690. The Morgan fingerprint density at radius 1 is 1.30 bits per heavy atom. The van der Waals surface area contributed by atoms with E-state index < -0.39 is 0 Å². The minimum Gasteiger partial charge on any atom is -0.461 e. The number of carbonyl (C=O) groups excluding carboxylic acids is 1. The maximum atomic E-state index is 11.9. The van der Waals surface area contributed by atoms with E-state index in [9.17, 15) is 4.79 Å². The molecular weight excluding hydrogens is 298 g/mol. The van der Waals surface area contributed by atoms with Gasteiger partial charge in [0.15, 0.2) is 11.5 Å². The maximum absolute atomic E-state index is 11.9. The molecule has 1 aliphatic heterocycles. The number of nitrogens with zero attached hydrogens (tertiary/aromatic N) is 2.